The maximum absolute atomic E-state index is 12.2. The predicted octanol–water partition coefficient (Wildman–Crippen LogP) is 4.75. The van der Waals surface area contributed by atoms with Gasteiger partial charge in [-0.05, 0) is 51.4 Å². The van der Waals surface area contributed by atoms with Crippen LogP contribution in [0.5, 0.6) is 0 Å². The molecule has 0 aliphatic heterocycles. The third-order valence-electron chi connectivity index (χ3n) is 6.14. The van der Waals surface area contributed by atoms with E-state index in [0.717, 1.165) is 60.8 Å². The topological polar surface area (TPSA) is 80.9 Å². The van der Waals surface area contributed by atoms with Gasteiger partial charge in [0.05, 0.1) is 17.0 Å². The van der Waals surface area contributed by atoms with Crippen molar-refractivity contribution in [1.82, 2.24) is 20.4 Å². The normalized spacial score (nSPS) is 22.5. The maximum atomic E-state index is 12.2. The zero-order valence-electron chi connectivity index (χ0n) is 18.0. The van der Waals surface area contributed by atoms with Crippen molar-refractivity contribution in [2.24, 2.45) is 11.3 Å². The van der Waals surface area contributed by atoms with Gasteiger partial charge in [-0.3, -0.25) is 4.79 Å². The standard InChI is InChI=1S/C23H32N4O2/c1-14-11-19(29-27-14)18-13-24-21(17-9-10-17)26-20(18)16-7-5-15(6-8-16)12-25-22(28)23(2,3)4/h11,13,15-17H,5-10,12H2,1-4H3,(H,25,28). The lowest BCUT2D eigenvalue weighted by atomic mass is 9.79. The van der Waals surface area contributed by atoms with Gasteiger partial charge in [-0.1, -0.05) is 25.9 Å². The van der Waals surface area contributed by atoms with Crippen LogP contribution in [0, 0.1) is 18.3 Å². The van der Waals surface area contributed by atoms with E-state index in [0.29, 0.717) is 17.8 Å². The Kier molecular flexibility index (Phi) is 5.45. The molecule has 2 fully saturated rings. The first kappa shape index (κ1) is 20.0. The van der Waals surface area contributed by atoms with Gasteiger partial charge in [0, 0.05) is 36.1 Å². The van der Waals surface area contributed by atoms with Gasteiger partial charge in [-0.15, -0.1) is 0 Å². The summed E-state index contributed by atoms with van der Waals surface area (Å²) in [6, 6.07) is 1.96. The van der Waals surface area contributed by atoms with Gasteiger partial charge in [-0.2, -0.15) is 0 Å². The highest BCUT2D eigenvalue weighted by Crippen LogP contribution is 2.42. The maximum Gasteiger partial charge on any atom is 0.225 e. The van der Waals surface area contributed by atoms with E-state index in [4.69, 9.17) is 9.51 Å². The van der Waals surface area contributed by atoms with Crippen molar-refractivity contribution in [1.29, 1.82) is 0 Å². The van der Waals surface area contributed by atoms with Crippen molar-refractivity contribution in [3.63, 3.8) is 0 Å². The first-order valence-electron chi connectivity index (χ1n) is 10.9. The lowest BCUT2D eigenvalue weighted by Crippen LogP contribution is -2.38. The average Bonchev–Trinajstić information content (AvgIpc) is 3.46. The van der Waals surface area contributed by atoms with Gasteiger partial charge in [0.25, 0.3) is 0 Å². The van der Waals surface area contributed by atoms with Crippen molar-refractivity contribution in [3.05, 3.63) is 29.5 Å². The number of nitrogens with one attached hydrogen (secondary N) is 1. The number of carbonyl (C=O) groups is 1. The monoisotopic (exact) mass is 396 g/mol. The molecule has 6 heteroatoms. The van der Waals surface area contributed by atoms with E-state index in [1.165, 1.54) is 12.8 Å². The third kappa shape index (κ3) is 4.68. The van der Waals surface area contributed by atoms with Crippen molar-refractivity contribution in [2.75, 3.05) is 6.54 Å². The molecule has 2 aliphatic rings. The Bertz CT molecular complexity index is 871. The second-order valence-electron chi connectivity index (χ2n) is 9.81. The summed E-state index contributed by atoms with van der Waals surface area (Å²) in [5.74, 6) is 3.36. The number of amides is 1. The summed E-state index contributed by atoms with van der Waals surface area (Å²) in [6.07, 6.45) is 8.69. The Morgan fingerprint density at radius 2 is 1.83 bits per heavy atom. The fourth-order valence-corrected chi connectivity index (χ4v) is 4.08. The van der Waals surface area contributed by atoms with Crippen LogP contribution in [-0.2, 0) is 4.79 Å². The molecule has 0 atom stereocenters. The Labute approximate surface area is 172 Å². The van der Waals surface area contributed by atoms with E-state index in [-0.39, 0.29) is 11.3 Å². The summed E-state index contributed by atoms with van der Waals surface area (Å²) < 4.78 is 5.54. The number of aromatic nitrogens is 3. The fraction of sp³-hybridized carbons (Fsp3) is 0.652. The molecule has 0 radical (unpaired) electrons. The van der Waals surface area contributed by atoms with Gasteiger partial charge >= 0.3 is 0 Å². The molecule has 0 saturated heterocycles. The van der Waals surface area contributed by atoms with Crippen LogP contribution in [0.4, 0.5) is 0 Å². The molecule has 0 spiro atoms. The largest absolute Gasteiger partial charge is 0.356 e. The van der Waals surface area contributed by atoms with Gasteiger partial charge in [0.2, 0.25) is 5.91 Å². The van der Waals surface area contributed by atoms with E-state index in [2.05, 4.69) is 15.5 Å². The van der Waals surface area contributed by atoms with E-state index in [9.17, 15) is 4.79 Å². The van der Waals surface area contributed by atoms with Crippen molar-refractivity contribution in [3.8, 4) is 11.3 Å². The van der Waals surface area contributed by atoms with E-state index in [1.807, 2.05) is 40.0 Å². The number of carbonyl (C=O) groups excluding carboxylic acids is 1. The number of nitrogens with zero attached hydrogens (tertiary/aromatic N) is 3. The van der Waals surface area contributed by atoms with Crippen LogP contribution in [0.15, 0.2) is 16.8 Å². The molecule has 0 aromatic carbocycles. The Hall–Kier alpha value is -2.24. The van der Waals surface area contributed by atoms with Crippen LogP contribution < -0.4 is 5.32 Å². The van der Waals surface area contributed by atoms with Crippen molar-refractivity contribution >= 4 is 5.91 Å². The van der Waals surface area contributed by atoms with Crippen LogP contribution in [-0.4, -0.2) is 27.6 Å². The molecule has 2 saturated carbocycles. The summed E-state index contributed by atoms with van der Waals surface area (Å²) in [4.78, 5) is 21.8. The predicted molar refractivity (Wildman–Crippen MR) is 111 cm³/mol. The third-order valence-corrected chi connectivity index (χ3v) is 6.14. The molecule has 29 heavy (non-hydrogen) atoms. The molecule has 0 unspecified atom stereocenters. The highest BCUT2D eigenvalue weighted by Gasteiger charge is 2.31. The molecular weight excluding hydrogens is 364 g/mol. The minimum absolute atomic E-state index is 0.132. The second kappa shape index (κ2) is 7.88. The molecule has 2 aromatic rings. The highest BCUT2D eigenvalue weighted by molar-refractivity contribution is 5.81. The van der Waals surface area contributed by atoms with Crippen molar-refractivity contribution in [2.45, 2.75) is 78.1 Å². The summed E-state index contributed by atoms with van der Waals surface area (Å²) >= 11 is 0. The van der Waals surface area contributed by atoms with Crippen LogP contribution >= 0.6 is 0 Å². The quantitative estimate of drug-likeness (QED) is 0.788. The van der Waals surface area contributed by atoms with E-state index >= 15 is 0 Å². The molecule has 0 bridgehead atoms. The van der Waals surface area contributed by atoms with Crippen molar-refractivity contribution < 1.29 is 9.32 Å². The zero-order chi connectivity index (χ0) is 20.6. The molecule has 6 nitrogen and oxygen atoms in total. The molecular formula is C23H32N4O2. The molecule has 2 aromatic heterocycles. The number of hydrogen-bond acceptors (Lipinski definition) is 5. The molecule has 1 N–H and O–H groups in total. The molecule has 1 amide bonds. The number of aryl methyl sites for hydroxylation is 1. The number of rotatable bonds is 5. The first-order chi connectivity index (χ1) is 13.8. The Morgan fingerprint density at radius 1 is 1.14 bits per heavy atom. The van der Waals surface area contributed by atoms with Crippen LogP contribution in [0.25, 0.3) is 11.3 Å². The van der Waals surface area contributed by atoms with E-state index in [1.54, 1.807) is 0 Å². The van der Waals surface area contributed by atoms with Crippen LogP contribution in [0.3, 0.4) is 0 Å². The van der Waals surface area contributed by atoms with Crippen LogP contribution in [0.1, 0.15) is 88.3 Å². The Balaban J connectivity index is 1.46. The first-order valence-corrected chi connectivity index (χ1v) is 10.9. The highest BCUT2D eigenvalue weighted by atomic mass is 16.5. The lowest BCUT2D eigenvalue weighted by molar-refractivity contribution is -0.128. The van der Waals surface area contributed by atoms with Gasteiger partial charge < -0.3 is 9.84 Å². The minimum atomic E-state index is -0.332. The molecule has 2 heterocycles. The summed E-state index contributed by atoms with van der Waals surface area (Å²) in [6.45, 7) is 8.58. The Morgan fingerprint density at radius 3 is 2.41 bits per heavy atom. The minimum Gasteiger partial charge on any atom is -0.356 e. The fourth-order valence-electron chi connectivity index (χ4n) is 4.08. The molecule has 156 valence electrons. The molecule has 4 rings (SSSR count). The average molecular weight is 397 g/mol. The summed E-state index contributed by atoms with van der Waals surface area (Å²) in [7, 11) is 0. The summed E-state index contributed by atoms with van der Waals surface area (Å²) in [5.41, 5.74) is 2.65. The SMILES string of the molecule is Cc1cc(-c2cnc(C3CC3)nc2C2CCC(CNC(=O)C(C)(C)C)CC2)on1. The lowest BCUT2D eigenvalue weighted by Gasteiger charge is -2.30. The van der Waals surface area contributed by atoms with Crippen LogP contribution in [0.2, 0.25) is 0 Å². The van der Waals surface area contributed by atoms with Gasteiger partial charge in [0.1, 0.15) is 5.82 Å². The smallest absolute Gasteiger partial charge is 0.225 e. The zero-order valence-corrected chi connectivity index (χ0v) is 18.0. The van der Waals surface area contributed by atoms with Gasteiger partial charge in [-0.25, -0.2) is 9.97 Å². The van der Waals surface area contributed by atoms with Gasteiger partial charge in [0.15, 0.2) is 5.76 Å². The second-order valence-corrected chi connectivity index (χ2v) is 9.81. The summed E-state index contributed by atoms with van der Waals surface area (Å²) in [5, 5.41) is 7.18. The molecule has 2 aliphatic carbocycles. The van der Waals surface area contributed by atoms with E-state index < -0.39 is 0 Å². The number of hydrogen-bond donors (Lipinski definition) is 1.